The molecule has 0 amide bonds. The van der Waals surface area contributed by atoms with Crippen molar-refractivity contribution in [3.63, 3.8) is 0 Å². The third-order valence-electron chi connectivity index (χ3n) is 4.69. The summed E-state index contributed by atoms with van der Waals surface area (Å²) in [5.74, 6) is 1.10. The van der Waals surface area contributed by atoms with Crippen molar-refractivity contribution in [1.29, 1.82) is 0 Å². The Hall–Kier alpha value is -2.18. The van der Waals surface area contributed by atoms with Crippen molar-refractivity contribution in [3.05, 3.63) is 52.2 Å². The van der Waals surface area contributed by atoms with Crippen molar-refractivity contribution in [3.8, 4) is 0 Å². The summed E-state index contributed by atoms with van der Waals surface area (Å²) in [5, 5.41) is 10.4. The lowest BCUT2D eigenvalue weighted by atomic mass is 10.1. The van der Waals surface area contributed by atoms with Gasteiger partial charge in [0.25, 0.3) is 0 Å². The molecule has 1 aliphatic heterocycles. The summed E-state index contributed by atoms with van der Waals surface area (Å²) in [6.07, 6.45) is 2.52. The van der Waals surface area contributed by atoms with Crippen molar-refractivity contribution in [2.45, 2.75) is 26.3 Å². The number of thiophene rings is 1. The predicted molar refractivity (Wildman–Crippen MR) is 115 cm³/mol. The number of rotatable bonds is 4. The van der Waals surface area contributed by atoms with Crippen LogP contribution in [0.5, 0.6) is 0 Å². The second kappa shape index (κ2) is 7.60. The minimum Gasteiger partial charge on any atom is -0.358 e. The average Bonchev–Trinajstić information content (AvgIpc) is 3.34. The fraction of sp³-hybridized carbons (Fsp3) is 0.300. The number of nitrogens with zero attached hydrogens (tertiary/aromatic N) is 2. The molecule has 0 saturated carbocycles. The van der Waals surface area contributed by atoms with E-state index in [1.54, 1.807) is 11.3 Å². The van der Waals surface area contributed by atoms with Crippen LogP contribution in [0.4, 0.5) is 11.5 Å². The number of fused-ring (bicyclic) bond motifs is 1. The molecule has 6 heteroatoms. The summed E-state index contributed by atoms with van der Waals surface area (Å²) in [6, 6.07) is 12.6. The van der Waals surface area contributed by atoms with Gasteiger partial charge in [0, 0.05) is 29.0 Å². The first-order chi connectivity index (χ1) is 12.7. The Kier molecular flexibility index (Phi) is 5.04. The van der Waals surface area contributed by atoms with Crippen LogP contribution in [0.2, 0.25) is 0 Å². The topological polar surface area (TPSA) is 40.2 Å². The molecule has 134 valence electrons. The molecule has 0 aliphatic carbocycles. The van der Waals surface area contributed by atoms with Gasteiger partial charge in [-0.15, -0.1) is 11.3 Å². The van der Waals surface area contributed by atoms with E-state index in [1.165, 1.54) is 28.7 Å². The number of benzene rings is 1. The third kappa shape index (κ3) is 3.81. The maximum Gasteiger partial charge on any atom is 0.171 e. The van der Waals surface area contributed by atoms with Gasteiger partial charge in [0.1, 0.15) is 5.82 Å². The Morgan fingerprint density at radius 3 is 2.85 bits per heavy atom. The minimum atomic E-state index is 0.636. The molecule has 1 aromatic carbocycles. The molecule has 1 fully saturated rings. The zero-order valence-electron chi connectivity index (χ0n) is 14.8. The highest BCUT2D eigenvalue weighted by Gasteiger charge is 2.15. The van der Waals surface area contributed by atoms with E-state index in [4.69, 9.17) is 17.2 Å². The Morgan fingerprint density at radius 1 is 1.23 bits per heavy atom. The fourth-order valence-electron chi connectivity index (χ4n) is 3.32. The molecular weight excluding hydrogens is 360 g/mol. The van der Waals surface area contributed by atoms with Crippen molar-refractivity contribution in [2.24, 2.45) is 0 Å². The summed E-state index contributed by atoms with van der Waals surface area (Å²) < 4.78 is 0. The molecule has 2 N–H and O–H groups in total. The van der Waals surface area contributed by atoms with E-state index in [0.717, 1.165) is 36.7 Å². The minimum absolute atomic E-state index is 0.636. The van der Waals surface area contributed by atoms with Gasteiger partial charge in [-0.05, 0) is 73.3 Å². The zero-order chi connectivity index (χ0) is 17.9. The van der Waals surface area contributed by atoms with Crippen LogP contribution in [0.3, 0.4) is 0 Å². The van der Waals surface area contributed by atoms with Gasteiger partial charge in [-0.25, -0.2) is 4.98 Å². The molecule has 4 nitrogen and oxygen atoms in total. The summed E-state index contributed by atoms with van der Waals surface area (Å²) in [5.41, 5.74) is 3.27. The first-order valence-electron chi connectivity index (χ1n) is 8.93. The number of aromatic nitrogens is 1. The van der Waals surface area contributed by atoms with Gasteiger partial charge in [0.15, 0.2) is 5.11 Å². The maximum atomic E-state index is 5.42. The SMILES string of the molecule is Cc1cc(N2CCCC2)nc2ccc(NC(=S)NCc3cccs3)cc12. The molecular formula is C20H22N4S2. The second-order valence-corrected chi connectivity index (χ2v) is 8.05. The van der Waals surface area contributed by atoms with Crippen LogP contribution < -0.4 is 15.5 Å². The average molecular weight is 383 g/mol. The van der Waals surface area contributed by atoms with Crippen LogP contribution in [0, 0.1) is 6.92 Å². The molecule has 4 rings (SSSR count). The Morgan fingerprint density at radius 2 is 2.08 bits per heavy atom. The highest BCUT2D eigenvalue weighted by Crippen LogP contribution is 2.27. The lowest BCUT2D eigenvalue weighted by Gasteiger charge is -2.18. The molecule has 1 aliphatic rings. The lowest BCUT2D eigenvalue weighted by Crippen LogP contribution is -2.27. The highest BCUT2D eigenvalue weighted by molar-refractivity contribution is 7.80. The molecule has 0 spiro atoms. The number of anilines is 2. The summed E-state index contributed by atoms with van der Waals surface area (Å²) in [7, 11) is 0. The molecule has 0 radical (unpaired) electrons. The van der Waals surface area contributed by atoms with Crippen molar-refractivity contribution < 1.29 is 0 Å². The third-order valence-corrected chi connectivity index (χ3v) is 5.82. The van der Waals surface area contributed by atoms with Gasteiger partial charge in [-0.3, -0.25) is 0 Å². The van der Waals surface area contributed by atoms with E-state index in [0.29, 0.717) is 5.11 Å². The van der Waals surface area contributed by atoms with E-state index in [2.05, 4.69) is 52.1 Å². The Labute approximate surface area is 163 Å². The normalized spacial score (nSPS) is 14.0. The first-order valence-corrected chi connectivity index (χ1v) is 10.2. The molecule has 0 bridgehead atoms. The Balaban J connectivity index is 1.49. The lowest BCUT2D eigenvalue weighted by molar-refractivity contribution is 0.942. The van der Waals surface area contributed by atoms with Crippen LogP contribution in [0.25, 0.3) is 10.9 Å². The van der Waals surface area contributed by atoms with Gasteiger partial charge < -0.3 is 15.5 Å². The van der Waals surface area contributed by atoms with Crippen LogP contribution in [0.1, 0.15) is 23.3 Å². The largest absolute Gasteiger partial charge is 0.358 e. The Bertz CT molecular complexity index is 915. The molecule has 0 unspecified atom stereocenters. The van der Waals surface area contributed by atoms with Crippen LogP contribution in [-0.4, -0.2) is 23.2 Å². The smallest absolute Gasteiger partial charge is 0.171 e. The van der Waals surface area contributed by atoms with Crippen LogP contribution >= 0.6 is 23.6 Å². The van der Waals surface area contributed by atoms with Crippen LogP contribution in [-0.2, 0) is 6.54 Å². The van der Waals surface area contributed by atoms with Gasteiger partial charge in [0.05, 0.1) is 12.1 Å². The van der Waals surface area contributed by atoms with E-state index in [9.17, 15) is 0 Å². The van der Waals surface area contributed by atoms with Crippen molar-refractivity contribution in [1.82, 2.24) is 10.3 Å². The molecule has 3 heterocycles. The van der Waals surface area contributed by atoms with Gasteiger partial charge in [-0.2, -0.15) is 0 Å². The first kappa shape index (κ1) is 17.2. The van der Waals surface area contributed by atoms with E-state index >= 15 is 0 Å². The van der Waals surface area contributed by atoms with Gasteiger partial charge >= 0.3 is 0 Å². The summed E-state index contributed by atoms with van der Waals surface area (Å²) >= 11 is 7.14. The number of aryl methyl sites for hydroxylation is 1. The van der Waals surface area contributed by atoms with Gasteiger partial charge in [-0.1, -0.05) is 6.07 Å². The van der Waals surface area contributed by atoms with Gasteiger partial charge in [0.2, 0.25) is 0 Å². The predicted octanol–water partition coefficient (Wildman–Crippen LogP) is 4.69. The maximum absolute atomic E-state index is 5.42. The van der Waals surface area contributed by atoms with Crippen LogP contribution in [0.15, 0.2) is 41.8 Å². The number of hydrogen-bond acceptors (Lipinski definition) is 4. The molecule has 1 saturated heterocycles. The van der Waals surface area contributed by atoms with E-state index in [1.807, 2.05) is 12.1 Å². The fourth-order valence-corrected chi connectivity index (χ4v) is 4.15. The van der Waals surface area contributed by atoms with Crippen molar-refractivity contribution in [2.75, 3.05) is 23.3 Å². The molecule has 26 heavy (non-hydrogen) atoms. The van der Waals surface area contributed by atoms with Crippen molar-refractivity contribution >= 4 is 51.1 Å². The highest BCUT2D eigenvalue weighted by atomic mass is 32.1. The molecule has 2 aromatic heterocycles. The number of pyridine rings is 1. The van der Waals surface area contributed by atoms with E-state index in [-0.39, 0.29) is 0 Å². The zero-order valence-corrected chi connectivity index (χ0v) is 16.4. The summed E-state index contributed by atoms with van der Waals surface area (Å²) in [4.78, 5) is 8.50. The molecule has 3 aromatic rings. The number of nitrogens with one attached hydrogen (secondary N) is 2. The monoisotopic (exact) mass is 382 g/mol. The number of thiocarbonyl (C=S) groups is 1. The standard InChI is InChI=1S/C20H22N4S2/c1-14-11-19(24-8-2-3-9-24)23-18-7-6-15(12-17(14)18)22-20(25)21-13-16-5-4-10-26-16/h4-7,10-12H,2-3,8-9,13H2,1H3,(H2,21,22,25). The second-order valence-electron chi connectivity index (χ2n) is 6.61. The summed E-state index contributed by atoms with van der Waals surface area (Å²) in [6.45, 7) is 5.13. The molecule has 0 atom stereocenters. The number of hydrogen-bond donors (Lipinski definition) is 2. The van der Waals surface area contributed by atoms with E-state index < -0.39 is 0 Å². The quantitative estimate of drug-likeness (QED) is 0.641.